The van der Waals surface area contributed by atoms with E-state index in [1.54, 1.807) is 0 Å². The summed E-state index contributed by atoms with van der Waals surface area (Å²) in [4.78, 5) is 0. The lowest BCUT2D eigenvalue weighted by Crippen LogP contribution is -2.38. The van der Waals surface area contributed by atoms with Crippen molar-refractivity contribution >= 4 is 23.2 Å². The second-order valence-electron chi connectivity index (χ2n) is 6.09. The predicted molar refractivity (Wildman–Crippen MR) is 91.2 cm³/mol. The summed E-state index contributed by atoms with van der Waals surface area (Å²) in [6.45, 7) is 3.44. The SMILES string of the molecule is CC1(Cc2ccc(-c3cc(Cl)ccc3Cl)cc2)CCCN1. The van der Waals surface area contributed by atoms with Crippen molar-refractivity contribution in [1.82, 2.24) is 5.32 Å². The van der Waals surface area contributed by atoms with Crippen LogP contribution in [0.1, 0.15) is 25.3 Å². The summed E-state index contributed by atoms with van der Waals surface area (Å²) in [5, 5.41) is 5.05. The Hall–Kier alpha value is -1.02. The van der Waals surface area contributed by atoms with Crippen molar-refractivity contribution in [3.63, 3.8) is 0 Å². The lowest BCUT2D eigenvalue weighted by atomic mass is 9.90. The summed E-state index contributed by atoms with van der Waals surface area (Å²) >= 11 is 12.3. The number of hydrogen-bond acceptors (Lipinski definition) is 1. The van der Waals surface area contributed by atoms with Gasteiger partial charge in [-0.25, -0.2) is 0 Å². The zero-order valence-corrected chi connectivity index (χ0v) is 13.6. The van der Waals surface area contributed by atoms with E-state index in [0.717, 1.165) is 29.1 Å². The maximum absolute atomic E-state index is 6.26. The Morgan fingerprint density at radius 1 is 1.10 bits per heavy atom. The topological polar surface area (TPSA) is 12.0 Å². The van der Waals surface area contributed by atoms with E-state index in [-0.39, 0.29) is 5.54 Å². The molecule has 0 aliphatic carbocycles. The number of halogens is 2. The van der Waals surface area contributed by atoms with Crippen molar-refractivity contribution in [3.8, 4) is 11.1 Å². The molecule has 21 heavy (non-hydrogen) atoms. The van der Waals surface area contributed by atoms with E-state index in [9.17, 15) is 0 Å². The summed E-state index contributed by atoms with van der Waals surface area (Å²) < 4.78 is 0. The lowest BCUT2D eigenvalue weighted by molar-refractivity contribution is 0.412. The van der Waals surface area contributed by atoms with Crippen LogP contribution in [0, 0.1) is 0 Å². The maximum Gasteiger partial charge on any atom is 0.0485 e. The Balaban J connectivity index is 1.82. The van der Waals surface area contributed by atoms with Gasteiger partial charge < -0.3 is 5.32 Å². The normalized spacial score (nSPS) is 21.7. The number of nitrogens with one attached hydrogen (secondary N) is 1. The van der Waals surface area contributed by atoms with Crippen LogP contribution in [0.4, 0.5) is 0 Å². The van der Waals surface area contributed by atoms with E-state index < -0.39 is 0 Å². The smallest absolute Gasteiger partial charge is 0.0485 e. The van der Waals surface area contributed by atoms with Crippen LogP contribution >= 0.6 is 23.2 Å². The average molecular weight is 320 g/mol. The van der Waals surface area contributed by atoms with E-state index in [4.69, 9.17) is 23.2 Å². The van der Waals surface area contributed by atoms with Gasteiger partial charge in [0.15, 0.2) is 0 Å². The molecule has 1 atom stereocenters. The van der Waals surface area contributed by atoms with E-state index in [0.29, 0.717) is 5.02 Å². The van der Waals surface area contributed by atoms with Gasteiger partial charge in [0.2, 0.25) is 0 Å². The van der Waals surface area contributed by atoms with Gasteiger partial charge in [-0.1, -0.05) is 47.5 Å². The fraction of sp³-hybridized carbons (Fsp3) is 0.333. The van der Waals surface area contributed by atoms with Crippen LogP contribution in [0.25, 0.3) is 11.1 Å². The monoisotopic (exact) mass is 319 g/mol. The van der Waals surface area contributed by atoms with Gasteiger partial charge in [0.1, 0.15) is 0 Å². The highest BCUT2D eigenvalue weighted by Crippen LogP contribution is 2.31. The first kappa shape index (κ1) is 14.9. The van der Waals surface area contributed by atoms with Crippen molar-refractivity contribution in [2.45, 2.75) is 31.7 Å². The molecule has 1 fully saturated rings. The Bertz CT molecular complexity index is 628. The second kappa shape index (κ2) is 6.00. The first-order valence-electron chi connectivity index (χ1n) is 7.35. The molecule has 1 heterocycles. The zero-order valence-electron chi connectivity index (χ0n) is 12.1. The van der Waals surface area contributed by atoms with E-state index >= 15 is 0 Å². The van der Waals surface area contributed by atoms with Crippen LogP contribution < -0.4 is 5.32 Å². The zero-order chi connectivity index (χ0) is 14.9. The van der Waals surface area contributed by atoms with Gasteiger partial charge in [0.05, 0.1) is 0 Å². The van der Waals surface area contributed by atoms with Gasteiger partial charge in [0.25, 0.3) is 0 Å². The summed E-state index contributed by atoms with van der Waals surface area (Å²) in [5.41, 5.74) is 3.69. The number of hydrogen-bond donors (Lipinski definition) is 1. The van der Waals surface area contributed by atoms with Crippen molar-refractivity contribution in [3.05, 3.63) is 58.1 Å². The molecule has 1 unspecified atom stereocenters. The number of rotatable bonds is 3. The minimum atomic E-state index is 0.245. The van der Waals surface area contributed by atoms with Crippen LogP contribution in [-0.2, 0) is 6.42 Å². The third kappa shape index (κ3) is 3.42. The van der Waals surface area contributed by atoms with E-state index in [1.165, 1.54) is 18.4 Å². The molecule has 1 nitrogen and oxygen atoms in total. The highest BCUT2D eigenvalue weighted by Gasteiger charge is 2.27. The van der Waals surface area contributed by atoms with Gasteiger partial charge >= 0.3 is 0 Å². The third-order valence-electron chi connectivity index (χ3n) is 4.24. The van der Waals surface area contributed by atoms with E-state index in [2.05, 4.69) is 36.5 Å². The molecule has 2 aromatic carbocycles. The van der Waals surface area contributed by atoms with Crippen molar-refractivity contribution < 1.29 is 0 Å². The summed E-state index contributed by atoms with van der Waals surface area (Å²) in [6, 6.07) is 14.2. The molecule has 1 aliphatic heterocycles. The minimum Gasteiger partial charge on any atom is -0.311 e. The molecular weight excluding hydrogens is 301 g/mol. The maximum atomic E-state index is 6.26. The molecule has 0 bridgehead atoms. The highest BCUT2D eigenvalue weighted by molar-refractivity contribution is 6.35. The molecule has 0 saturated carbocycles. The summed E-state index contributed by atoms with van der Waals surface area (Å²) in [6.07, 6.45) is 3.58. The first-order chi connectivity index (χ1) is 10.1. The lowest BCUT2D eigenvalue weighted by Gasteiger charge is -2.24. The fourth-order valence-electron chi connectivity index (χ4n) is 3.08. The Morgan fingerprint density at radius 2 is 1.86 bits per heavy atom. The fourth-order valence-corrected chi connectivity index (χ4v) is 3.48. The van der Waals surface area contributed by atoms with E-state index in [1.807, 2.05) is 18.2 Å². The van der Waals surface area contributed by atoms with Crippen molar-refractivity contribution in [2.75, 3.05) is 6.54 Å². The van der Waals surface area contributed by atoms with Crippen LogP contribution in [0.5, 0.6) is 0 Å². The predicted octanol–water partition coefficient (Wildman–Crippen LogP) is 5.35. The number of benzene rings is 2. The molecule has 2 aromatic rings. The third-order valence-corrected chi connectivity index (χ3v) is 4.81. The van der Waals surface area contributed by atoms with Gasteiger partial charge in [-0.15, -0.1) is 0 Å². The summed E-state index contributed by atoms with van der Waals surface area (Å²) in [5.74, 6) is 0. The highest BCUT2D eigenvalue weighted by atomic mass is 35.5. The minimum absolute atomic E-state index is 0.245. The Labute approximate surface area is 136 Å². The molecule has 0 aromatic heterocycles. The second-order valence-corrected chi connectivity index (χ2v) is 6.93. The molecule has 1 saturated heterocycles. The van der Waals surface area contributed by atoms with Gasteiger partial charge in [-0.05, 0) is 62.1 Å². The average Bonchev–Trinajstić information content (AvgIpc) is 2.89. The molecular formula is C18H19Cl2N. The molecule has 110 valence electrons. The van der Waals surface area contributed by atoms with Crippen LogP contribution in [0.15, 0.2) is 42.5 Å². The molecule has 3 heteroatoms. The largest absolute Gasteiger partial charge is 0.311 e. The first-order valence-corrected chi connectivity index (χ1v) is 8.11. The molecule has 3 rings (SSSR count). The quantitative estimate of drug-likeness (QED) is 0.804. The van der Waals surface area contributed by atoms with Gasteiger partial charge in [-0.2, -0.15) is 0 Å². The molecule has 0 amide bonds. The van der Waals surface area contributed by atoms with Gasteiger partial charge in [0, 0.05) is 21.1 Å². The Kier molecular flexibility index (Phi) is 4.26. The molecule has 1 aliphatic rings. The van der Waals surface area contributed by atoms with Crippen molar-refractivity contribution in [1.29, 1.82) is 0 Å². The standard InChI is InChI=1S/C18H19Cl2N/c1-18(9-2-10-21-18)12-13-3-5-14(6-4-13)16-11-15(19)7-8-17(16)20/h3-8,11,21H,2,9-10,12H2,1H3. The van der Waals surface area contributed by atoms with Crippen LogP contribution in [0.2, 0.25) is 10.0 Å². The molecule has 1 N–H and O–H groups in total. The molecule has 0 radical (unpaired) electrons. The Morgan fingerprint density at radius 3 is 2.52 bits per heavy atom. The molecule has 0 spiro atoms. The van der Waals surface area contributed by atoms with Gasteiger partial charge in [-0.3, -0.25) is 0 Å². The summed E-state index contributed by atoms with van der Waals surface area (Å²) in [7, 11) is 0. The van der Waals surface area contributed by atoms with Crippen molar-refractivity contribution in [2.24, 2.45) is 0 Å². The van der Waals surface area contributed by atoms with Crippen LogP contribution in [-0.4, -0.2) is 12.1 Å². The van der Waals surface area contributed by atoms with Crippen LogP contribution in [0.3, 0.4) is 0 Å².